The van der Waals surface area contributed by atoms with Gasteiger partial charge in [-0.05, 0) is 57.5 Å². The van der Waals surface area contributed by atoms with Crippen molar-refractivity contribution in [2.75, 3.05) is 20.6 Å². The molecule has 2 unspecified atom stereocenters. The summed E-state index contributed by atoms with van der Waals surface area (Å²) in [5.41, 5.74) is 1.38. The molecule has 1 aromatic rings. The first-order chi connectivity index (χ1) is 8.29. The molecular formula is C14H23N3. The van der Waals surface area contributed by atoms with Crippen molar-refractivity contribution in [1.29, 1.82) is 0 Å². The normalized spacial score (nSPS) is 24.4. The van der Waals surface area contributed by atoms with Gasteiger partial charge in [-0.2, -0.15) is 0 Å². The molecule has 94 valence electrons. The minimum absolute atomic E-state index is 0.725. The van der Waals surface area contributed by atoms with Crippen molar-refractivity contribution < 1.29 is 0 Å². The fourth-order valence-electron chi connectivity index (χ4n) is 2.66. The van der Waals surface area contributed by atoms with Gasteiger partial charge in [-0.25, -0.2) is 0 Å². The lowest BCUT2D eigenvalue weighted by Gasteiger charge is -2.24. The highest BCUT2D eigenvalue weighted by molar-refractivity contribution is 5.10. The molecule has 1 fully saturated rings. The first-order valence-corrected chi connectivity index (χ1v) is 6.56. The smallest absolute Gasteiger partial charge is 0.0270 e. The van der Waals surface area contributed by atoms with Gasteiger partial charge in [-0.15, -0.1) is 0 Å². The predicted molar refractivity (Wildman–Crippen MR) is 71.1 cm³/mol. The quantitative estimate of drug-likeness (QED) is 0.839. The SMILES string of the molecule is CNC1CCC(N(C)CCc2ccncc2)C1. The van der Waals surface area contributed by atoms with E-state index in [1.807, 2.05) is 12.4 Å². The Morgan fingerprint density at radius 2 is 2.12 bits per heavy atom. The average molecular weight is 233 g/mol. The number of pyridine rings is 1. The predicted octanol–water partition coefficient (Wildman–Crippen LogP) is 1.70. The minimum Gasteiger partial charge on any atom is -0.317 e. The molecule has 1 N–H and O–H groups in total. The zero-order valence-corrected chi connectivity index (χ0v) is 10.9. The number of hydrogen-bond acceptors (Lipinski definition) is 3. The molecule has 2 rings (SSSR count). The van der Waals surface area contributed by atoms with Crippen LogP contribution in [0, 0.1) is 0 Å². The lowest BCUT2D eigenvalue weighted by Crippen LogP contribution is -2.33. The van der Waals surface area contributed by atoms with Gasteiger partial charge in [0.25, 0.3) is 0 Å². The van der Waals surface area contributed by atoms with E-state index in [1.165, 1.54) is 24.8 Å². The van der Waals surface area contributed by atoms with Crippen LogP contribution in [-0.2, 0) is 6.42 Å². The summed E-state index contributed by atoms with van der Waals surface area (Å²) in [4.78, 5) is 6.56. The van der Waals surface area contributed by atoms with Crippen LogP contribution in [0.15, 0.2) is 24.5 Å². The van der Waals surface area contributed by atoms with E-state index in [9.17, 15) is 0 Å². The van der Waals surface area contributed by atoms with Crippen LogP contribution in [0.1, 0.15) is 24.8 Å². The Hall–Kier alpha value is -0.930. The standard InChI is InChI=1S/C14H23N3/c1-15-13-3-4-14(11-13)17(2)10-7-12-5-8-16-9-6-12/h5-6,8-9,13-15H,3-4,7,10-11H2,1-2H3. The summed E-state index contributed by atoms with van der Waals surface area (Å²) in [5, 5.41) is 3.39. The number of likely N-dealkylation sites (N-methyl/N-ethyl adjacent to an activating group) is 1. The summed E-state index contributed by atoms with van der Waals surface area (Å²) < 4.78 is 0. The van der Waals surface area contributed by atoms with Gasteiger partial charge < -0.3 is 10.2 Å². The van der Waals surface area contributed by atoms with Crippen molar-refractivity contribution in [1.82, 2.24) is 15.2 Å². The summed E-state index contributed by atoms with van der Waals surface area (Å²) in [5.74, 6) is 0. The molecule has 3 heteroatoms. The van der Waals surface area contributed by atoms with E-state index >= 15 is 0 Å². The summed E-state index contributed by atoms with van der Waals surface area (Å²) in [7, 11) is 4.33. The van der Waals surface area contributed by atoms with Crippen LogP contribution in [0.2, 0.25) is 0 Å². The number of nitrogens with zero attached hydrogens (tertiary/aromatic N) is 2. The summed E-state index contributed by atoms with van der Waals surface area (Å²) in [6.07, 6.45) is 8.83. The molecule has 0 spiro atoms. The van der Waals surface area contributed by atoms with Crippen molar-refractivity contribution in [2.45, 2.75) is 37.8 Å². The fraction of sp³-hybridized carbons (Fsp3) is 0.643. The van der Waals surface area contributed by atoms with Crippen molar-refractivity contribution in [3.8, 4) is 0 Å². The second kappa shape index (κ2) is 6.12. The molecule has 1 aromatic heterocycles. The van der Waals surface area contributed by atoms with Gasteiger partial charge in [0.05, 0.1) is 0 Å². The van der Waals surface area contributed by atoms with Crippen molar-refractivity contribution in [3.63, 3.8) is 0 Å². The van der Waals surface area contributed by atoms with Gasteiger partial charge in [0.1, 0.15) is 0 Å². The third kappa shape index (κ3) is 3.51. The topological polar surface area (TPSA) is 28.2 Å². The Kier molecular flexibility index (Phi) is 4.51. The highest BCUT2D eigenvalue weighted by Gasteiger charge is 2.25. The Balaban J connectivity index is 1.76. The van der Waals surface area contributed by atoms with Gasteiger partial charge in [0, 0.05) is 31.0 Å². The molecule has 0 amide bonds. The van der Waals surface area contributed by atoms with Crippen molar-refractivity contribution in [3.05, 3.63) is 30.1 Å². The summed E-state index contributed by atoms with van der Waals surface area (Å²) in [6.45, 7) is 1.14. The largest absolute Gasteiger partial charge is 0.317 e. The molecule has 0 saturated heterocycles. The zero-order chi connectivity index (χ0) is 12.1. The Morgan fingerprint density at radius 3 is 2.76 bits per heavy atom. The molecule has 3 nitrogen and oxygen atoms in total. The molecule has 1 aliphatic rings. The second-order valence-electron chi connectivity index (χ2n) is 5.04. The maximum Gasteiger partial charge on any atom is 0.0270 e. The van der Waals surface area contributed by atoms with Gasteiger partial charge in [-0.3, -0.25) is 4.98 Å². The van der Waals surface area contributed by atoms with Crippen LogP contribution in [0.5, 0.6) is 0 Å². The number of rotatable bonds is 5. The van der Waals surface area contributed by atoms with E-state index in [2.05, 4.69) is 41.4 Å². The zero-order valence-electron chi connectivity index (χ0n) is 10.9. The molecule has 17 heavy (non-hydrogen) atoms. The minimum atomic E-state index is 0.725. The lowest BCUT2D eigenvalue weighted by molar-refractivity contribution is 0.245. The molecular weight excluding hydrogens is 210 g/mol. The van der Waals surface area contributed by atoms with Gasteiger partial charge in [0.15, 0.2) is 0 Å². The van der Waals surface area contributed by atoms with Crippen LogP contribution < -0.4 is 5.32 Å². The Bertz CT molecular complexity index is 325. The van der Waals surface area contributed by atoms with Gasteiger partial charge in [-0.1, -0.05) is 0 Å². The molecule has 0 aromatic carbocycles. The monoisotopic (exact) mass is 233 g/mol. The Morgan fingerprint density at radius 1 is 1.35 bits per heavy atom. The first kappa shape index (κ1) is 12.5. The first-order valence-electron chi connectivity index (χ1n) is 6.56. The van der Waals surface area contributed by atoms with E-state index in [1.54, 1.807) is 0 Å². The second-order valence-corrected chi connectivity index (χ2v) is 5.04. The third-order valence-corrected chi connectivity index (χ3v) is 3.94. The van der Waals surface area contributed by atoms with Crippen molar-refractivity contribution >= 4 is 0 Å². The van der Waals surface area contributed by atoms with Crippen LogP contribution in [0.4, 0.5) is 0 Å². The van der Waals surface area contributed by atoms with E-state index in [4.69, 9.17) is 0 Å². The van der Waals surface area contributed by atoms with Gasteiger partial charge in [0.2, 0.25) is 0 Å². The van der Waals surface area contributed by atoms with Crippen LogP contribution in [0.25, 0.3) is 0 Å². The fourth-order valence-corrected chi connectivity index (χ4v) is 2.66. The molecule has 0 radical (unpaired) electrons. The maximum atomic E-state index is 4.05. The molecule has 2 atom stereocenters. The summed E-state index contributed by atoms with van der Waals surface area (Å²) in [6, 6.07) is 5.70. The van der Waals surface area contributed by atoms with E-state index in [0.29, 0.717) is 0 Å². The average Bonchev–Trinajstić information content (AvgIpc) is 2.86. The van der Waals surface area contributed by atoms with Gasteiger partial charge >= 0.3 is 0 Å². The molecule has 1 heterocycles. The van der Waals surface area contributed by atoms with Crippen LogP contribution in [-0.4, -0.2) is 42.6 Å². The lowest BCUT2D eigenvalue weighted by atomic mass is 10.1. The Labute approximate surface area is 104 Å². The molecule has 0 bridgehead atoms. The van der Waals surface area contributed by atoms with E-state index in [-0.39, 0.29) is 0 Å². The van der Waals surface area contributed by atoms with E-state index in [0.717, 1.165) is 25.0 Å². The van der Waals surface area contributed by atoms with Crippen molar-refractivity contribution in [2.24, 2.45) is 0 Å². The third-order valence-electron chi connectivity index (χ3n) is 3.94. The molecule has 1 saturated carbocycles. The van der Waals surface area contributed by atoms with E-state index < -0.39 is 0 Å². The maximum absolute atomic E-state index is 4.05. The highest BCUT2D eigenvalue weighted by Crippen LogP contribution is 2.23. The highest BCUT2D eigenvalue weighted by atomic mass is 15.1. The number of nitrogens with one attached hydrogen (secondary N) is 1. The van der Waals surface area contributed by atoms with Crippen LogP contribution in [0.3, 0.4) is 0 Å². The number of aromatic nitrogens is 1. The van der Waals surface area contributed by atoms with Crippen LogP contribution >= 0.6 is 0 Å². The summed E-state index contributed by atoms with van der Waals surface area (Å²) >= 11 is 0. The number of hydrogen-bond donors (Lipinski definition) is 1. The molecule has 0 aliphatic heterocycles. The molecule has 1 aliphatic carbocycles.